The molecule has 0 aliphatic heterocycles. The monoisotopic (exact) mass is 609 g/mol. The number of nitrogens with two attached hydrogens (primary N) is 4. The highest BCUT2D eigenvalue weighted by Gasteiger charge is 2.28. The summed E-state index contributed by atoms with van der Waals surface area (Å²) >= 11 is 0. The van der Waals surface area contributed by atoms with Crippen LogP contribution in [0.1, 0.15) is 31.2 Å². The molecular formula is C25H39N9O9. The number of aliphatic carboxylic acids is 1. The van der Waals surface area contributed by atoms with Crippen molar-refractivity contribution in [3.05, 3.63) is 29.8 Å². The number of guanidine groups is 1. The molecule has 0 unspecified atom stereocenters. The fraction of sp³-hybridized carbons (Fsp3) is 0.480. The highest BCUT2D eigenvalue weighted by Crippen LogP contribution is 2.12. The third-order valence-electron chi connectivity index (χ3n) is 5.86. The van der Waals surface area contributed by atoms with Crippen LogP contribution in [0.2, 0.25) is 0 Å². The molecule has 0 saturated heterocycles. The molecule has 0 aliphatic carbocycles. The van der Waals surface area contributed by atoms with Crippen molar-refractivity contribution in [3.63, 3.8) is 0 Å². The average Bonchev–Trinajstić information content (AvgIpc) is 2.94. The first-order valence-corrected chi connectivity index (χ1v) is 13.1. The second-order valence-corrected chi connectivity index (χ2v) is 9.41. The molecule has 0 bridgehead atoms. The molecule has 18 nitrogen and oxygen atoms in total. The van der Waals surface area contributed by atoms with Crippen molar-refractivity contribution >= 4 is 41.5 Å². The first kappa shape index (κ1) is 36.1. The number of phenols is 1. The number of carboxylic acids is 1. The summed E-state index contributed by atoms with van der Waals surface area (Å²) in [7, 11) is 0. The molecule has 1 aromatic carbocycles. The third kappa shape index (κ3) is 14.5. The Balaban J connectivity index is 2.89. The van der Waals surface area contributed by atoms with E-state index >= 15 is 0 Å². The van der Waals surface area contributed by atoms with Crippen molar-refractivity contribution in [2.24, 2.45) is 27.9 Å². The van der Waals surface area contributed by atoms with E-state index in [1.165, 1.54) is 24.3 Å². The number of hydrogen-bond donors (Lipinski definition) is 11. The number of hydrogen-bond acceptors (Lipinski definition) is 10. The van der Waals surface area contributed by atoms with E-state index in [1.807, 2.05) is 0 Å². The normalized spacial score (nSPS) is 13.3. The van der Waals surface area contributed by atoms with Gasteiger partial charge in [-0.05, 0) is 37.0 Å². The van der Waals surface area contributed by atoms with Crippen molar-refractivity contribution < 1.29 is 44.1 Å². The van der Waals surface area contributed by atoms with E-state index in [9.17, 15) is 39.0 Å². The average molecular weight is 610 g/mol. The molecule has 18 heteroatoms. The van der Waals surface area contributed by atoms with Crippen LogP contribution in [-0.4, -0.2) is 101 Å². The van der Waals surface area contributed by atoms with Gasteiger partial charge in [-0.15, -0.1) is 0 Å². The number of nitrogens with zero attached hydrogens (tertiary/aromatic N) is 1. The van der Waals surface area contributed by atoms with E-state index < -0.39 is 72.8 Å². The van der Waals surface area contributed by atoms with Gasteiger partial charge >= 0.3 is 5.97 Å². The lowest BCUT2D eigenvalue weighted by molar-refractivity contribution is -0.143. The second-order valence-electron chi connectivity index (χ2n) is 9.41. The van der Waals surface area contributed by atoms with E-state index in [4.69, 9.17) is 28.0 Å². The van der Waals surface area contributed by atoms with Crippen molar-refractivity contribution in [1.29, 1.82) is 0 Å². The molecule has 0 aliphatic rings. The van der Waals surface area contributed by atoms with E-state index in [-0.39, 0.29) is 43.9 Å². The zero-order valence-corrected chi connectivity index (χ0v) is 23.3. The van der Waals surface area contributed by atoms with E-state index in [2.05, 4.69) is 26.3 Å². The fourth-order valence-corrected chi connectivity index (χ4v) is 3.56. The number of benzene rings is 1. The third-order valence-corrected chi connectivity index (χ3v) is 5.86. The van der Waals surface area contributed by atoms with Crippen LogP contribution in [0, 0.1) is 0 Å². The van der Waals surface area contributed by atoms with Gasteiger partial charge < -0.3 is 59.5 Å². The number of nitrogens with one attached hydrogen (secondary N) is 4. The molecule has 1 aromatic rings. The number of phenolic OH excluding ortho intramolecular Hbond substituents is 1. The Morgan fingerprint density at radius 1 is 0.837 bits per heavy atom. The summed E-state index contributed by atoms with van der Waals surface area (Å²) in [5.74, 6) is -5.76. The maximum Gasteiger partial charge on any atom is 0.328 e. The van der Waals surface area contributed by atoms with E-state index in [0.29, 0.717) is 12.0 Å². The molecule has 5 amide bonds. The predicted octanol–water partition coefficient (Wildman–Crippen LogP) is -4.77. The van der Waals surface area contributed by atoms with Gasteiger partial charge in [0.1, 0.15) is 23.9 Å². The molecule has 0 fully saturated rings. The summed E-state index contributed by atoms with van der Waals surface area (Å²) in [6, 6.07) is 0.336. The largest absolute Gasteiger partial charge is 0.508 e. The molecular weight excluding hydrogens is 570 g/mol. The lowest BCUT2D eigenvalue weighted by atomic mass is 10.0. The summed E-state index contributed by atoms with van der Waals surface area (Å²) in [5.41, 5.74) is 22.0. The Labute approximate surface area is 246 Å². The van der Waals surface area contributed by atoms with Crippen LogP contribution in [0.3, 0.4) is 0 Å². The standard InChI is InChI=1S/C25H39N9O9/c26-15(2-1-9-30-25(28)29)21(39)33-16(7-8-19(27)37)22(40)31-11-20(38)32-17(10-13-3-5-14(36)6-4-13)23(41)34-18(12-35)24(42)43/h3-6,15-18,35-36H,1-2,7-12,26H2,(H2,27,37)(H,31,40)(H,32,38)(H,33,39)(H,34,41)(H,42,43)(H4,28,29,30)/t15-,16-,17-,18-/m0/s1. The molecule has 0 aromatic heterocycles. The first-order valence-electron chi connectivity index (χ1n) is 13.1. The maximum absolute atomic E-state index is 12.8. The predicted molar refractivity (Wildman–Crippen MR) is 152 cm³/mol. The Hall–Kier alpha value is -4.97. The topological polar surface area (TPSA) is 328 Å². The highest BCUT2D eigenvalue weighted by atomic mass is 16.4. The van der Waals surface area contributed by atoms with Crippen molar-refractivity contribution in [2.75, 3.05) is 19.7 Å². The summed E-state index contributed by atoms with van der Waals surface area (Å²) in [6.07, 6.45) is -0.0521. The Morgan fingerprint density at radius 2 is 1.47 bits per heavy atom. The van der Waals surface area contributed by atoms with Gasteiger partial charge in [-0.25, -0.2) is 4.79 Å². The minimum absolute atomic E-state index is 0.0485. The van der Waals surface area contributed by atoms with Crippen LogP contribution in [0.4, 0.5) is 0 Å². The summed E-state index contributed by atoms with van der Waals surface area (Å²) in [5, 5.41) is 37.1. The first-order chi connectivity index (χ1) is 20.2. The van der Waals surface area contributed by atoms with Crippen LogP contribution in [-0.2, 0) is 35.2 Å². The van der Waals surface area contributed by atoms with Crippen LogP contribution in [0.15, 0.2) is 29.3 Å². The zero-order chi connectivity index (χ0) is 32.5. The number of carbonyl (C=O) groups is 6. The Morgan fingerprint density at radius 3 is 2.02 bits per heavy atom. The van der Waals surface area contributed by atoms with Crippen LogP contribution in [0.5, 0.6) is 5.75 Å². The minimum atomic E-state index is -1.64. The molecule has 238 valence electrons. The fourth-order valence-electron chi connectivity index (χ4n) is 3.56. The SMILES string of the molecule is NC(=O)CC[C@H](NC(=O)[C@@H](N)CCCN=C(N)N)C(=O)NCC(=O)N[C@@H](Cc1ccc(O)cc1)C(=O)N[C@@H](CO)C(=O)O. The number of primary amides is 1. The molecule has 15 N–H and O–H groups in total. The minimum Gasteiger partial charge on any atom is -0.508 e. The molecule has 0 spiro atoms. The molecule has 0 heterocycles. The van der Waals surface area contributed by atoms with Gasteiger partial charge in [-0.1, -0.05) is 12.1 Å². The van der Waals surface area contributed by atoms with Crippen molar-refractivity contribution in [2.45, 2.75) is 56.3 Å². The number of aliphatic imine (C=N–C) groups is 1. The van der Waals surface area contributed by atoms with Crippen molar-refractivity contribution in [1.82, 2.24) is 21.3 Å². The Bertz CT molecular complexity index is 1160. The lowest BCUT2D eigenvalue weighted by Gasteiger charge is -2.22. The number of carbonyl (C=O) groups excluding carboxylic acids is 5. The molecule has 43 heavy (non-hydrogen) atoms. The van der Waals surface area contributed by atoms with Gasteiger partial charge in [0, 0.05) is 19.4 Å². The number of aliphatic hydroxyl groups is 1. The Kier molecular flexibility index (Phi) is 15.5. The van der Waals surface area contributed by atoms with Gasteiger partial charge in [0.15, 0.2) is 5.96 Å². The quantitative estimate of drug-likeness (QED) is 0.0400. The molecule has 0 saturated carbocycles. The van der Waals surface area contributed by atoms with E-state index in [0.717, 1.165) is 0 Å². The molecule has 1 rings (SSSR count). The van der Waals surface area contributed by atoms with Crippen LogP contribution >= 0.6 is 0 Å². The van der Waals surface area contributed by atoms with Crippen LogP contribution < -0.4 is 44.2 Å². The van der Waals surface area contributed by atoms with E-state index in [1.54, 1.807) is 0 Å². The molecule has 0 radical (unpaired) electrons. The van der Waals surface area contributed by atoms with Crippen LogP contribution in [0.25, 0.3) is 0 Å². The van der Waals surface area contributed by atoms with Gasteiger partial charge in [-0.2, -0.15) is 0 Å². The lowest BCUT2D eigenvalue weighted by Crippen LogP contribution is -2.56. The van der Waals surface area contributed by atoms with Gasteiger partial charge in [0.25, 0.3) is 0 Å². The smallest absolute Gasteiger partial charge is 0.328 e. The second kappa shape index (κ2) is 18.5. The highest BCUT2D eigenvalue weighted by molar-refractivity contribution is 5.94. The summed E-state index contributed by atoms with van der Waals surface area (Å²) < 4.78 is 0. The number of aliphatic hydroxyl groups excluding tert-OH is 1. The van der Waals surface area contributed by atoms with Gasteiger partial charge in [0.2, 0.25) is 29.5 Å². The van der Waals surface area contributed by atoms with Gasteiger partial charge in [-0.3, -0.25) is 29.0 Å². The maximum atomic E-state index is 12.8. The summed E-state index contributed by atoms with van der Waals surface area (Å²) in [4.78, 5) is 77.1. The summed E-state index contributed by atoms with van der Waals surface area (Å²) in [6.45, 7) is -1.35. The zero-order valence-electron chi connectivity index (χ0n) is 23.3. The molecule has 4 atom stereocenters. The number of rotatable bonds is 19. The number of amides is 5. The van der Waals surface area contributed by atoms with Crippen molar-refractivity contribution in [3.8, 4) is 5.75 Å². The number of carboxylic acid groups (broad SMARTS) is 1. The number of aromatic hydroxyl groups is 1. The van der Waals surface area contributed by atoms with Gasteiger partial charge in [0.05, 0.1) is 19.2 Å².